The number of aryl methyl sites for hydroxylation is 1. The van der Waals surface area contributed by atoms with Crippen molar-refractivity contribution in [2.75, 3.05) is 12.1 Å². The van der Waals surface area contributed by atoms with Crippen LogP contribution in [0.15, 0.2) is 84.8 Å². The van der Waals surface area contributed by atoms with Gasteiger partial charge in [0.2, 0.25) is 0 Å². The maximum Gasteiger partial charge on any atom is 0.176 e. The number of benzene rings is 1. The summed E-state index contributed by atoms with van der Waals surface area (Å²) in [5.41, 5.74) is 14.0. The number of nitrogens with zero attached hydrogens (tertiary/aromatic N) is 4. The van der Waals surface area contributed by atoms with Crippen molar-refractivity contribution in [3.05, 3.63) is 96.5 Å². The molecular weight excluding hydrogens is 484 g/mol. The van der Waals surface area contributed by atoms with Gasteiger partial charge in [0.25, 0.3) is 0 Å². The fourth-order valence-electron chi connectivity index (χ4n) is 3.98. The summed E-state index contributed by atoms with van der Waals surface area (Å²) in [5, 5.41) is 9.06. The van der Waals surface area contributed by atoms with E-state index in [2.05, 4.69) is 28.3 Å². The van der Waals surface area contributed by atoms with Gasteiger partial charge in [-0.05, 0) is 23.8 Å². The van der Waals surface area contributed by atoms with Crippen molar-refractivity contribution in [1.82, 2.24) is 8.75 Å². The summed E-state index contributed by atoms with van der Waals surface area (Å²) in [4.78, 5) is 4.80. The van der Waals surface area contributed by atoms with E-state index in [0.717, 1.165) is 44.4 Å². The zero-order valence-corrected chi connectivity index (χ0v) is 22.2. The molecule has 0 spiro atoms. The van der Waals surface area contributed by atoms with Crippen LogP contribution in [-0.2, 0) is 7.05 Å². The number of thioether (sulfide) groups is 1. The Balaban J connectivity index is 1.85. The number of nitrogens with one attached hydrogen (secondary N) is 1. The summed E-state index contributed by atoms with van der Waals surface area (Å²) in [6, 6.07) is 8.05. The Kier molecular flexibility index (Phi) is 8.07. The highest BCUT2D eigenvalue weighted by Crippen LogP contribution is 2.34. The van der Waals surface area contributed by atoms with E-state index in [1.807, 2.05) is 78.8 Å². The third kappa shape index (κ3) is 5.15. The molecule has 1 atom stereocenters. The predicted molar refractivity (Wildman–Crippen MR) is 155 cm³/mol. The zero-order chi connectivity index (χ0) is 25.7. The Hall–Kier alpha value is -3.62. The van der Waals surface area contributed by atoms with Gasteiger partial charge in [0, 0.05) is 40.1 Å². The summed E-state index contributed by atoms with van der Waals surface area (Å²) in [5.74, 6) is 0.790. The van der Waals surface area contributed by atoms with Gasteiger partial charge in [-0.1, -0.05) is 49.4 Å². The monoisotopic (exact) mass is 513 g/mol. The fraction of sp³-hybridized carbons (Fsp3) is 0.179. The fourth-order valence-corrected chi connectivity index (χ4v) is 4.81. The molecule has 1 aliphatic rings. The average Bonchev–Trinajstić information content (AvgIpc) is 3.38. The van der Waals surface area contributed by atoms with Gasteiger partial charge >= 0.3 is 0 Å². The van der Waals surface area contributed by atoms with Crippen molar-refractivity contribution in [3.63, 3.8) is 0 Å². The van der Waals surface area contributed by atoms with Crippen LogP contribution in [0.3, 0.4) is 0 Å². The lowest BCUT2D eigenvalue weighted by Gasteiger charge is -2.19. The molecule has 2 aromatic heterocycles. The van der Waals surface area contributed by atoms with Gasteiger partial charge < -0.3 is 5.73 Å². The van der Waals surface area contributed by atoms with E-state index >= 15 is 0 Å². The summed E-state index contributed by atoms with van der Waals surface area (Å²) in [6.07, 6.45) is 17.6. The number of pyridine rings is 1. The second-order valence-corrected chi connectivity index (χ2v) is 9.78. The maximum atomic E-state index is 9.06. The molecule has 1 aromatic carbocycles. The lowest BCUT2D eigenvalue weighted by atomic mass is 9.86. The van der Waals surface area contributed by atoms with Crippen LogP contribution >= 0.6 is 23.5 Å². The number of hydrogen-bond acceptors (Lipinski definition) is 7. The van der Waals surface area contributed by atoms with Gasteiger partial charge in [-0.25, -0.2) is 4.57 Å². The van der Waals surface area contributed by atoms with Crippen LogP contribution in [-0.4, -0.2) is 32.3 Å². The third-order valence-electron chi connectivity index (χ3n) is 5.93. The Bertz CT molecular complexity index is 1470. The minimum atomic E-state index is 0.227. The van der Waals surface area contributed by atoms with E-state index in [4.69, 9.17) is 16.1 Å². The van der Waals surface area contributed by atoms with Gasteiger partial charge in [-0.15, -0.1) is 18.3 Å². The summed E-state index contributed by atoms with van der Waals surface area (Å²) in [7, 11) is 1.98. The number of hydrogen-bond donors (Lipinski definition) is 2. The minimum absolute atomic E-state index is 0.227. The van der Waals surface area contributed by atoms with E-state index in [1.165, 1.54) is 11.7 Å². The second-order valence-electron chi connectivity index (χ2n) is 8.42. The Morgan fingerprint density at radius 2 is 2.03 bits per heavy atom. The Morgan fingerprint density at radius 3 is 2.75 bits per heavy atom. The van der Waals surface area contributed by atoms with Crippen LogP contribution in [0.1, 0.15) is 23.6 Å². The molecule has 2 heterocycles. The Morgan fingerprint density at radius 1 is 1.25 bits per heavy atom. The molecule has 0 radical (unpaired) electrons. The summed E-state index contributed by atoms with van der Waals surface area (Å²) in [6.45, 7) is 5.91. The molecule has 6 nitrogen and oxygen atoms in total. The van der Waals surface area contributed by atoms with Gasteiger partial charge in [0.1, 0.15) is 18.1 Å². The largest absolute Gasteiger partial charge is 0.404 e. The standard InChI is InChI=1S/C28H29N6S2/c1-5-18(2)8-9-19(15-29)22-11-13-24(28-27(22)32-36-33-28)23-12-10-21(20-7-6-14-34(3)16-20)25(30)26(23)31-17-35-4/h5-16,18,30H,1,17,29H2,2-4H3/q+1. The van der Waals surface area contributed by atoms with Crippen LogP contribution in [0.4, 0.5) is 0 Å². The number of nitrogens with two attached hydrogens (primary N) is 1. The van der Waals surface area contributed by atoms with Crippen LogP contribution < -0.4 is 10.3 Å². The zero-order valence-electron chi connectivity index (χ0n) is 20.6. The van der Waals surface area contributed by atoms with Crippen molar-refractivity contribution < 1.29 is 4.57 Å². The molecule has 0 amide bonds. The first-order valence-electron chi connectivity index (χ1n) is 11.5. The molecule has 1 aliphatic carbocycles. The molecule has 0 saturated carbocycles. The molecule has 0 aliphatic heterocycles. The van der Waals surface area contributed by atoms with E-state index in [9.17, 15) is 0 Å². The van der Waals surface area contributed by atoms with Crippen LogP contribution in [0, 0.1) is 11.3 Å². The molecule has 182 valence electrons. The number of rotatable bonds is 8. The van der Waals surface area contributed by atoms with Crippen molar-refractivity contribution in [2.24, 2.45) is 23.7 Å². The van der Waals surface area contributed by atoms with Crippen molar-refractivity contribution >= 4 is 62.7 Å². The second kappa shape index (κ2) is 11.4. The van der Waals surface area contributed by atoms with E-state index in [-0.39, 0.29) is 5.92 Å². The summed E-state index contributed by atoms with van der Waals surface area (Å²) < 4.78 is 11.2. The van der Waals surface area contributed by atoms with Gasteiger partial charge in [0.15, 0.2) is 12.4 Å². The van der Waals surface area contributed by atoms with Crippen LogP contribution in [0.5, 0.6) is 0 Å². The molecular formula is C28H29N6S2+. The summed E-state index contributed by atoms with van der Waals surface area (Å²) >= 11 is 2.79. The topological polar surface area (TPSA) is 91.9 Å². The van der Waals surface area contributed by atoms with Gasteiger partial charge in [-0.2, -0.15) is 8.75 Å². The van der Waals surface area contributed by atoms with Gasteiger partial charge in [-0.3, -0.25) is 10.4 Å². The highest BCUT2D eigenvalue weighted by atomic mass is 32.2. The number of aromatic nitrogens is 3. The molecule has 36 heavy (non-hydrogen) atoms. The van der Waals surface area contributed by atoms with Crippen LogP contribution in [0.25, 0.3) is 27.8 Å². The van der Waals surface area contributed by atoms with Gasteiger partial charge in [0.05, 0.1) is 29.0 Å². The molecule has 0 saturated heterocycles. The Labute approximate surface area is 220 Å². The van der Waals surface area contributed by atoms with E-state index < -0.39 is 0 Å². The number of fused-ring (bicyclic) bond motifs is 1. The highest BCUT2D eigenvalue weighted by molar-refractivity contribution is 7.98. The molecule has 8 heteroatoms. The first-order chi connectivity index (χ1) is 17.5. The number of aliphatic imine (C=N–C) groups is 1. The van der Waals surface area contributed by atoms with Crippen LogP contribution in [0.2, 0.25) is 0 Å². The molecule has 1 unspecified atom stereocenters. The molecule has 3 aromatic rings. The quantitative estimate of drug-likeness (QED) is 0.181. The first-order valence-corrected chi connectivity index (χ1v) is 13.6. The highest BCUT2D eigenvalue weighted by Gasteiger charge is 2.26. The van der Waals surface area contributed by atoms with E-state index in [0.29, 0.717) is 17.3 Å². The maximum absolute atomic E-state index is 9.06. The predicted octanol–water partition coefficient (Wildman–Crippen LogP) is 5.46. The molecule has 0 bridgehead atoms. The average molecular weight is 514 g/mol. The normalized spacial score (nSPS) is 16.5. The SMILES string of the molecule is C=CC(C)C=CC(=CN)c1ccc(C2=CC=C(c3ccc[n+](C)c3)C(=N)C2=NCSC)c2nsnc12. The molecule has 4 rings (SSSR count). The first kappa shape index (κ1) is 25.5. The molecule has 0 fully saturated rings. The smallest absolute Gasteiger partial charge is 0.176 e. The van der Waals surface area contributed by atoms with Crippen molar-refractivity contribution in [1.29, 1.82) is 5.41 Å². The molecule has 3 N–H and O–H groups in total. The van der Waals surface area contributed by atoms with Crippen molar-refractivity contribution in [2.45, 2.75) is 6.92 Å². The van der Waals surface area contributed by atoms with E-state index in [1.54, 1.807) is 18.0 Å². The number of allylic oxidation sites excluding steroid dienone is 8. The van der Waals surface area contributed by atoms with Crippen molar-refractivity contribution in [3.8, 4) is 0 Å². The minimum Gasteiger partial charge on any atom is -0.404 e. The lowest BCUT2D eigenvalue weighted by Crippen LogP contribution is -2.28. The third-order valence-corrected chi connectivity index (χ3v) is 6.84. The lowest BCUT2D eigenvalue weighted by molar-refractivity contribution is -0.671.